The van der Waals surface area contributed by atoms with Crippen molar-refractivity contribution in [3.8, 4) is 0 Å². The second kappa shape index (κ2) is 6.35. The number of aromatic nitrogens is 1. The van der Waals surface area contributed by atoms with Gasteiger partial charge in [0.1, 0.15) is 0 Å². The largest absolute Gasteiger partial charge is 0.370 e. The van der Waals surface area contributed by atoms with E-state index in [0.717, 1.165) is 11.6 Å². The highest BCUT2D eigenvalue weighted by molar-refractivity contribution is 7.11. The van der Waals surface area contributed by atoms with Crippen molar-refractivity contribution >= 4 is 11.3 Å². The third-order valence-electron chi connectivity index (χ3n) is 5.09. The summed E-state index contributed by atoms with van der Waals surface area (Å²) in [4.78, 5) is 5.90. The van der Waals surface area contributed by atoms with E-state index in [9.17, 15) is 0 Å². The minimum atomic E-state index is 0.241. The van der Waals surface area contributed by atoms with E-state index in [1.54, 1.807) is 0 Å². The van der Waals surface area contributed by atoms with Crippen LogP contribution < -0.4 is 5.32 Å². The Morgan fingerprint density at radius 3 is 2.71 bits per heavy atom. The highest BCUT2D eigenvalue weighted by Gasteiger charge is 2.40. The van der Waals surface area contributed by atoms with Crippen molar-refractivity contribution in [3.63, 3.8) is 0 Å². The Morgan fingerprint density at radius 2 is 2.05 bits per heavy atom. The van der Waals surface area contributed by atoms with E-state index in [1.165, 1.54) is 55.5 Å². The molecule has 1 aromatic rings. The first-order valence-corrected chi connectivity index (χ1v) is 9.25. The summed E-state index contributed by atoms with van der Waals surface area (Å²) in [6.45, 7) is 7.41. The van der Waals surface area contributed by atoms with E-state index in [0.29, 0.717) is 12.1 Å². The van der Waals surface area contributed by atoms with Gasteiger partial charge in [-0.3, -0.25) is 0 Å². The standard InChI is InChI=1S/C17H28N2OS/c1-12(16-13(2)19-14(3)21-16)18-11-15-7-10-17(20-15)8-5-4-6-9-17/h12,15,18H,4-11H2,1-3H3. The molecule has 2 aliphatic rings. The minimum Gasteiger partial charge on any atom is -0.370 e. The van der Waals surface area contributed by atoms with Gasteiger partial charge in [0.2, 0.25) is 0 Å². The average molecular weight is 308 g/mol. The number of hydrogen-bond donors (Lipinski definition) is 1. The van der Waals surface area contributed by atoms with Crippen molar-refractivity contribution in [1.82, 2.24) is 10.3 Å². The smallest absolute Gasteiger partial charge is 0.0900 e. The Kier molecular flexibility index (Phi) is 4.67. The topological polar surface area (TPSA) is 34.2 Å². The first-order valence-electron chi connectivity index (χ1n) is 8.43. The van der Waals surface area contributed by atoms with Crippen LogP contribution in [-0.2, 0) is 4.74 Å². The zero-order valence-corrected chi connectivity index (χ0v) is 14.4. The van der Waals surface area contributed by atoms with Gasteiger partial charge >= 0.3 is 0 Å². The van der Waals surface area contributed by atoms with Gasteiger partial charge in [-0.25, -0.2) is 4.98 Å². The summed E-state index contributed by atoms with van der Waals surface area (Å²) in [7, 11) is 0. The van der Waals surface area contributed by atoms with E-state index >= 15 is 0 Å². The first-order chi connectivity index (χ1) is 10.1. The van der Waals surface area contributed by atoms with Gasteiger partial charge in [-0.1, -0.05) is 19.3 Å². The molecule has 1 N–H and O–H groups in total. The van der Waals surface area contributed by atoms with Gasteiger partial charge in [-0.2, -0.15) is 0 Å². The summed E-state index contributed by atoms with van der Waals surface area (Å²) in [5, 5.41) is 4.82. The van der Waals surface area contributed by atoms with Crippen molar-refractivity contribution < 1.29 is 4.74 Å². The summed E-state index contributed by atoms with van der Waals surface area (Å²) in [5.74, 6) is 0. The number of thiazole rings is 1. The van der Waals surface area contributed by atoms with Crippen molar-refractivity contribution in [1.29, 1.82) is 0 Å². The zero-order chi connectivity index (χ0) is 14.9. The molecule has 3 nitrogen and oxygen atoms in total. The monoisotopic (exact) mass is 308 g/mol. The molecule has 2 heterocycles. The summed E-state index contributed by atoms with van der Waals surface area (Å²) in [5.41, 5.74) is 1.42. The second-order valence-electron chi connectivity index (χ2n) is 6.83. The van der Waals surface area contributed by atoms with E-state index in [-0.39, 0.29) is 5.60 Å². The van der Waals surface area contributed by atoms with Crippen molar-refractivity contribution in [2.45, 2.75) is 83.5 Å². The molecule has 1 aliphatic carbocycles. The molecule has 1 aromatic heterocycles. The number of hydrogen-bond acceptors (Lipinski definition) is 4. The SMILES string of the molecule is Cc1nc(C)c(C(C)NCC2CCC3(CCCCC3)O2)s1. The quantitative estimate of drug-likeness (QED) is 0.901. The lowest BCUT2D eigenvalue weighted by Crippen LogP contribution is -2.35. The normalized spacial score (nSPS) is 26.3. The Labute approximate surface area is 132 Å². The second-order valence-corrected chi connectivity index (χ2v) is 8.07. The highest BCUT2D eigenvalue weighted by Crippen LogP contribution is 2.41. The van der Waals surface area contributed by atoms with Crippen LogP contribution in [0.3, 0.4) is 0 Å². The molecule has 3 rings (SSSR count). The lowest BCUT2D eigenvalue weighted by molar-refractivity contribution is -0.0628. The lowest BCUT2D eigenvalue weighted by Gasteiger charge is -2.33. The molecule has 1 spiro atoms. The molecule has 2 fully saturated rings. The predicted molar refractivity (Wildman–Crippen MR) is 87.9 cm³/mol. The molecule has 2 unspecified atom stereocenters. The van der Waals surface area contributed by atoms with Crippen LogP contribution in [0.15, 0.2) is 0 Å². The summed E-state index contributed by atoms with van der Waals surface area (Å²) in [6.07, 6.45) is 9.58. The van der Waals surface area contributed by atoms with Crippen LogP contribution in [0.1, 0.15) is 73.5 Å². The summed E-state index contributed by atoms with van der Waals surface area (Å²) < 4.78 is 6.44. The van der Waals surface area contributed by atoms with Gasteiger partial charge in [0.15, 0.2) is 0 Å². The minimum absolute atomic E-state index is 0.241. The maximum Gasteiger partial charge on any atom is 0.0900 e. The van der Waals surface area contributed by atoms with Gasteiger partial charge in [0.05, 0.1) is 22.4 Å². The molecular weight excluding hydrogens is 280 g/mol. The average Bonchev–Trinajstić information content (AvgIpc) is 3.01. The van der Waals surface area contributed by atoms with Crippen LogP contribution in [0.2, 0.25) is 0 Å². The zero-order valence-electron chi connectivity index (χ0n) is 13.6. The molecule has 1 saturated carbocycles. The van der Waals surface area contributed by atoms with Crippen LogP contribution in [0.4, 0.5) is 0 Å². The third-order valence-corrected chi connectivity index (χ3v) is 6.34. The Hall–Kier alpha value is -0.450. The molecule has 1 saturated heterocycles. The number of nitrogens with zero attached hydrogens (tertiary/aromatic N) is 1. The molecule has 2 atom stereocenters. The molecule has 118 valence electrons. The third kappa shape index (κ3) is 3.49. The Balaban J connectivity index is 1.50. The molecule has 0 amide bonds. The fourth-order valence-electron chi connectivity index (χ4n) is 3.95. The summed E-state index contributed by atoms with van der Waals surface area (Å²) in [6, 6.07) is 0.378. The first kappa shape index (κ1) is 15.4. The fraction of sp³-hybridized carbons (Fsp3) is 0.824. The van der Waals surface area contributed by atoms with Crippen molar-refractivity contribution in [2.24, 2.45) is 0 Å². The number of nitrogens with one attached hydrogen (secondary N) is 1. The van der Waals surface area contributed by atoms with Crippen molar-refractivity contribution in [2.75, 3.05) is 6.54 Å². The van der Waals surface area contributed by atoms with Crippen LogP contribution in [0.5, 0.6) is 0 Å². The van der Waals surface area contributed by atoms with E-state index in [2.05, 4.69) is 31.1 Å². The number of rotatable bonds is 4. The molecule has 0 radical (unpaired) electrons. The van der Waals surface area contributed by atoms with Crippen molar-refractivity contribution in [3.05, 3.63) is 15.6 Å². The molecule has 1 aliphatic heterocycles. The molecular formula is C17H28N2OS. The maximum absolute atomic E-state index is 6.44. The fourth-order valence-corrected chi connectivity index (χ4v) is 4.91. The highest BCUT2D eigenvalue weighted by atomic mass is 32.1. The molecule has 4 heteroatoms. The van der Waals surface area contributed by atoms with Crippen LogP contribution >= 0.6 is 11.3 Å². The lowest BCUT2D eigenvalue weighted by atomic mass is 9.83. The number of aryl methyl sites for hydroxylation is 2. The van der Waals surface area contributed by atoms with Crippen LogP contribution in [0.25, 0.3) is 0 Å². The van der Waals surface area contributed by atoms with E-state index < -0.39 is 0 Å². The molecule has 0 aromatic carbocycles. The Morgan fingerprint density at radius 1 is 1.29 bits per heavy atom. The summed E-state index contributed by atoms with van der Waals surface area (Å²) >= 11 is 1.81. The molecule has 0 bridgehead atoms. The van der Waals surface area contributed by atoms with Crippen LogP contribution in [0, 0.1) is 13.8 Å². The maximum atomic E-state index is 6.44. The Bertz CT molecular complexity index is 479. The van der Waals surface area contributed by atoms with Gasteiger partial charge in [-0.05, 0) is 46.5 Å². The predicted octanol–water partition coefficient (Wildman–Crippen LogP) is 4.29. The van der Waals surface area contributed by atoms with Gasteiger partial charge in [-0.15, -0.1) is 11.3 Å². The van der Waals surface area contributed by atoms with Crippen LogP contribution in [-0.4, -0.2) is 23.2 Å². The number of ether oxygens (including phenoxy) is 1. The van der Waals surface area contributed by atoms with Gasteiger partial charge in [0.25, 0.3) is 0 Å². The van der Waals surface area contributed by atoms with E-state index in [1.807, 2.05) is 11.3 Å². The van der Waals surface area contributed by atoms with Gasteiger partial charge in [0, 0.05) is 17.5 Å². The van der Waals surface area contributed by atoms with E-state index in [4.69, 9.17) is 4.74 Å². The molecule has 21 heavy (non-hydrogen) atoms. The van der Waals surface area contributed by atoms with Gasteiger partial charge < -0.3 is 10.1 Å².